The van der Waals surface area contributed by atoms with Crippen molar-refractivity contribution in [3.8, 4) is 11.5 Å². The summed E-state index contributed by atoms with van der Waals surface area (Å²) in [6, 6.07) is 11.4. The molecule has 2 N–H and O–H groups in total. The van der Waals surface area contributed by atoms with E-state index in [0.29, 0.717) is 20.2 Å². The van der Waals surface area contributed by atoms with Crippen LogP contribution >= 0.6 is 24.8 Å². The zero-order valence-corrected chi connectivity index (χ0v) is 22.5. The number of hydrogen-bond acceptors (Lipinski definition) is 3. The van der Waals surface area contributed by atoms with Gasteiger partial charge in [-0.2, -0.15) is 0 Å². The van der Waals surface area contributed by atoms with Crippen LogP contribution in [0.1, 0.15) is 63.8 Å². The van der Waals surface area contributed by atoms with E-state index in [9.17, 15) is 10.2 Å². The molecule has 0 aliphatic carbocycles. The molecule has 0 bridgehead atoms. The van der Waals surface area contributed by atoms with Crippen molar-refractivity contribution in [2.24, 2.45) is 0 Å². The van der Waals surface area contributed by atoms with Gasteiger partial charge >= 0.3 is 31.5 Å². The predicted octanol–water partition coefficient (Wildman–Crippen LogP) is 6.50. The summed E-state index contributed by atoms with van der Waals surface area (Å²) in [4.78, 5) is 0. The molecule has 0 heterocycles. The fraction of sp³-hybridized carbons (Fsp3) is 0.455. The zero-order valence-electron chi connectivity index (χ0n) is 18.5. The Hall–Kier alpha value is -0.646. The van der Waals surface area contributed by atoms with Crippen molar-refractivity contribution in [1.82, 2.24) is 0 Å². The molecule has 2 aromatic rings. The van der Waals surface area contributed by atoms with Gasteiger partial charge in [0.25, 0.3) is 0 Å². The second-order valence-electron chi connectivity index (χ2n) is 8.62. The number of phenolic OH excluding ortho intramolecular Hbond substituents is 2. The third kappa shape index (κ3) is 12.6. The Labute approximate surface area is 202 Å². The normalized spacial score (nSPS) is 10.0. The number of hydrogen-bond donors (Lipinski definition) is 2. The molecular weight excluding hydrogens is 463 g/mol. The van der Waals surface area contributed by atoms with Crippen LogP contribution in [0.2, 0.25) is 0 Å². The third-order valence-corrected chi connectivity index (χ3v) is 3.92. The second-order valence-corrected chi connectivity index (χ2v) is 9.57. The van der Waals surface area contributed by atoms with Crippen LogP contribution in [0, 0.1) is 13.8 Å². The van der Waals surface area contributed by atoms with Crippen molar-refractivity contribution < 1.29 is 33.0 Å². The number of halogens is 2. The second kappa shape index (κ2) is 14.4. The van der Waals surface area contributed by atoms with Crippen LogP contribution < -0.4 is 0 Å². The van der Waals surface area contributed by atoms with Gasteiger partial charge in [0, 0.05) is 0 Å². The molecule has 0 radical (unpaired) electrons. The monoisotopic (exact) mass is 496 g/mol. The van der Waals surface area contributed by atoms with Gasteiger partial charge in [0.15, 0.2) is 0 Å². The molecule has 7 heteroatoms. The van der Waals surface area contributed by atoms with Gasteiger partial charge in [-0.1, -0.05) is 76.9 Å². The molecule has 0 saturated heterocycles. The summed E-state index contributed by atoms with van der Waals surface area (Å²) in [7, 11) is 0.500. The topological polar surface area (TPSA) is 57.5 Å². The van der Waals surface area contributed by atoms with Gasteiger partial charge in [-0.3, -0.25) is 0 Å². The molecule has 164 valence electrons. The first-order chi connectivity index (χ1) is 12.2. The van der Waals surface area contributed by atoms with Crippen molar-refractivity contribution in [3.63, 3.8) is 0 Å². The van der Waals surface area contributed by atoms with E-state index < -0.39 is 0 Å². The molecule has 0 saturated carbocycles. The first kappa shape index (κ1) is 33.0. The van der Waals surface area contributed by atoms with E-state index in [0.717, 1.165) is 11.1 Å². The first-order valence-corrected chi connectivity index (χ1v) is 11.4. The molecule has 2 rings (SSSR count). The van der Waals surface area contributed by atoms with E-state index in [2.05, 4.69) is 41.5 Å². The van der Waals surface area contributed by atoms with Crippen molar-refractivity contribution in [3.05, 3.63) is 58.7 Å². The Balaban J connectivity index is -0.000000387. The van der Waals surface area contributed by atoms with E-state index in [1.807, 2.05) is 38.1 Å². The number of benzene rings is 2. The summed E-state index contributed by atoms with van der Waals surface area (Å²) >= 11 is 1.49. The third-order valence-electron chi connectivity index (χ3n) is 3.92. The van der Waals surface area contributed by atoms with Crippen LogP contribution in [-0.4, -0.2) is 14.4 Å². The molecule has 3 nitrogen and oxygen atoms in total. The first-order valence-electron chi connectivity index (χ1n) is 8.79. The molecule has 29 heavy (non-hydrogen) atoms. The number of phenols is 2. The SMILES string of the molecule is Cc1ccc(O)c(C(C)(C)C)c1.Cc1ccc(O)c(C(C)(C)C)c1.Cl.Cl.O=[S]=[Ti]. The van der Waals surface area contributed by atoms with Crippen LogP contribution in [0.3, 0.4) is 0 Å². The van der Waals surface area contributed by atoms with Gasteiger partial charge in [-0.25, -0.2) is 0 Å². The molecule has 0 aliphatic rings. The minimum atomic E-state index is 0. The average Bonchev–Trinajstić information content (AvgIpc) is 2.51. The average molecular weight is 497 g/mol. The summed E-state index contributed by atoms with van der Waals surface area (Å²) in [5.74, 6) is 0.793. The van der Waals surface area contributed by atoms with E-state index in [1.165, 1.54) is 29.7 Å². The molecule has 0 aromatic heterocycles. The maximum atomic E-state index is 9.57. The standard InChI is InChI=1S/2C11H16O.2ClH.OS.Ti/c2*1-8-5-6-10(12)9(7-8)11(2,3)4;;;1-2;/h2*5-7,12H,1-4H3;2*1H;;. The van der Waals surface area contributed by atoms with Crippen LogP contribution in [-0.2, 0) is 38.2 Å². The summed E-state index contributed by atoms with van der Waals surface area (Å²) in [5, 5.41) is 19.1. The summed E-state index contributed by atoms with van der Waals surface area (Å²) in [5.41, 5.74) is 4.46. The predicted molar refractivity (Wildman–Crippen MR) is 126 cm³/mol. The van der Waals surface area contributed by atoms with E-state index >= 15 is 0 Å². The van der Waals surface area contributed by atoms with Crippen molar-refractivity contribution in [2.75, 3.05) is 0 Å². The van der Waals surface area contributed by atoms with Gasteiger partial charge in [-0.15, -0.1) is 24.8 Å². The number of rotatable bonds is 0. The van der Waals surface area contributed by atoms with Gasteiger partial charge in [0.2, 0.25) is 0 Å². The van der Waals surface area contributed by atoms with Crippen molar-refractivity contribution >= 4 is 33.6 Å². The Morgan fingerprint density at radius 3 is 1.14 bits per heavy atom. The van der Waals surface area contributed by atoms with Crippen LogP contribution in [0.5, 0.6) is 11.5 Å². The van der Waals surface area contributed by atoms with Crippen molar-refractivity contribution in [1.29, 1.82) is 0 Å². The molecule has 2 aromatic carbocycles. The molecule has 0 amide bonds. The van der Waals surface area contributed by atoms with E-state index in [-0.39, 0.29) is 35.6 Å². The Morgan fingerprint density at radius 1 is 0.724 bits per heavy atom. The Morgan fingerprint density at radius 2 is 0.966 bits per heavy atom. The van der Waals surface area contributed by atoms with Gasteiger partial charge < -0.3 is 10.2 Å². The summed E-state index contributed by atoms with van der Waals surface area (Å²) in [6.07, 6.45) is 0. The van der Waals surface area contributed by atoms with Crippen molar-refractivity contribution in [2.45, 2.75) is 66.2 Å². The van der Waals surface area contributed by atoms with Gasteiger partial charge in [-0.05, 0) is 47.9 Å². The number of aromatic hydroxyl groups is 2. The summed E-state index contributed by atoms with van der Waals surface area (Å²) in [6.45, 7) is 16.7. The maximum absolute atomic E-state index is 9.57. The quantitative estimate of drug-likeness (QED) is 0.409. The van der Waals surface area contributed by atoms with Crippen LogP contribution in [0.4, 0.5) is 0 Å². The van der Waals surface area contributed by atoms with Crippen LogP contribution in [0.25, 0.3) is 0 Å². The summed E-state index contributed by atoms with van der Waals surface area (Å²) < 4.78 is 8.85. The number of aryl methyl sites for hydroxylation is 2. The fourth-order valence-electron chi connectivity index (χ4n) is 2.50. The molecule has 0 spiro atoms. The van der Waals surface area contributed by atoms with E-state index in [1.54, 1.807) is 12.1 Å². The molecule has 0 atom stereocenters. The molecular formula is C22H34Cl2O3STi. The van der Waals surface area contributed by atoms with E-state index in [4.69, 9.17) is 4.21 Å². The molecule has 0 aliphatic heterocycles. The van der Waals surface area contributed by atoms with Gasteiger partial charge in [0.1, 0.15) is 11.5 Å². The minimum absolute atomic E-state index is 0. The molecule has 0 unspecified atom stereocenters. The Bertz CT molecular complexity index is 730. The van der Waals surface area contributed by atoms with Crippen LogP contribution in [0.15, 0.2) is 36.4 Å². The van der Waals surface area contributed by atoms with Gasteiger partial charge in [0.05, 0.1) is 0 Å². The Kier molecular flexibility index (Phi) is 16.4. The molecule has 0 fully saturated rings. The zero-order chi connectivity index (χ0) is 21.4. The fourth-order valence-corrected chi connectivity index (χ4v) is 2.50.